The van der Waals surface area contributed by atoms with E-state index in [1.54, 1.807) is 30.5 Å². The average Bonchev–Trinajstić information content (AvgIpc) is 3.07. The fourth-order valence-corrected chi connectivity index (χ4v) is 3.67. The fourth-order valence-electron chi connectivity index (χ4n) is 3.21. The summed E-state index contributed by atoms with van der Waals surface area (Å²) in [6, 6.07) is 16.3. The molecule has 0 unspecified atom stereocenters. The SMILES string of the molecule is CCc1nc2ccc(C(=O)Nc3ccccn3)cc2n1Cc1ccc(Cl)cc1Cl. The number of halogens is 2. The Kier molecular flexibility index (Phi) is 5.51. The molecule has 5 nitrogen and oxygen atoms in total. The summed E-state index contributed by atoms with van der Waals surface area (Å²) in [5.41, 5.74) is 3.19. The highest BCUT2D eigenvalue weighted by molar-refractivity contribution is 6.35. The quantitative estimate of drug-likeness (QED) is 0.453. The molecule has 2 aromatic heterocycles. The lowest BCUT2D eigenvalue weighted by Crippen LogP contribution is -2.13. The standard InChI is InChI=1S/C22H18Cl2N4O/c1-2-21-26-18-9-7-14(22(29)27-20-5-3-4-10-25-20)11-19(18)28(21)13-15-6-8-16(23)12-17(15)24/h3-12H,2,13H2,1H3,(H,25,27,29). The van der Waals surface area contributed by atoms with Crippen molar-refractivity contribution in [2.24, 2.45) is 0 Å². The van der Waals surface area contributed by atoms with E-state index in [2.05, 4.69) is 21.8 Å². The van der Waals surface area contributed by atoms with Crippen molar-refractivity contribution >= 4 is 46.0 Å². The van der Waals surface area contributed by atoms with Crippen LogP contribution in [0.3, 0.4) is 0 Å². The highest BCUT2D eigenvalue weighted by Gasteiger charge is 2.15. The lowest BCUT2D eigenvalue weighted by atomic mass is 10.1. The Morgan fingerprint density at radius 3 is 2.69 bits per heavy atom. The molecule has 7 heteroatoms. The minimum absolute atomic E-state index is 0.221. The van der Waals surface area contributed by atoms with Gasteiger partial charge in [-0.25, -0.2) is 9.97 Å². The van der Waals surface area contributed by atoms with Crippen LogP contribution in [0.25, 0.3) is 11.0 Å². The predicted octanol–water partition coefficient (Wildman–Crippen LogP) is 5.60. The second kappa shape index (κ2) is 8.23. The molecular weight excluding hydrogens is 407 g/mol. The molecule has 4 rings (SSSR count). The first-order chi connectivity index (χ1) is 14.0. The maximum Gasteiger partial charge on any atom is 0.256 e. The van der Waals surface area contributed by atoms with E-state index in [9.17, 15) is 4.79 Å². The Hall–Kier alpha value is -2.89. The van der Waals surface area contributed by atoms with E-state index in [-0.39, 0.29) is 5.91 Å². The summed E-state index contributed by atoms with van der Waals surface area (Å²) >= 11 is 12.4. The number of anilines is 1. The van der Waals surface area contributed by atoms with Gasteiger partial charge in [0.25, 0.3) is 5.91 Å². The van der Waals surface area contributed by atoms with Crippen LogP contribution in [0, 0.1) is 0 Å². The van der Waals surface area contributed by atoms with Crippen LogP contribution in [0.15, 0.2) is 60.8 Å². The van der Waals surface area contributed by atoms with Crippen molar-refractivity contribution in [3.05, 3.63) is 87.8 Å². The number of carbonyl (C=O) groups excluding carboxylic acids is 1. The van der Waals surface area contributed by atoms with E-state index in [0.29, 0.717) is 28.0 Å². The average molecular weight is 425 g/mol. The first kappa shape index (κ1) is 19.4. The van der Waals surface area contributed by atoms with Gasteiger partial charge in [0.1, 0.15) is 11.6 Å². The van der Waals surface area contributed by atoms with Crippen molar-refractivity contribution in [2.45, 2.75) is 19.9 Å². The minimum Gasteiger partial charge on any atom is -0.323 e. The lowest BCUT2D eigenvalue weighted by Gasteiger charge is -2.11. The Morgan fingerprint density at radius 2 is 1.97 bits per heavy atom. The number of nitrogens with one attached hydrogen (secondary N) is 1. The number of nitrogens with zero attached hydrogens (tertiary/aromatic N) is 3. The van der Waals surface area contributed by atoms with Gasteiger partial charge in [-0.05, 0) is 48.0 Å². The number of carbonyl (C=O) groups is 1. The third kappa shape index (κ3) is 4.11. The van der Waals surface area contributed by atoms with E-state index in [0.717, 1.165) is 28.8 Å². The third-order valence-corrected chi connectivity index (χ3v) is 5.24. The van der Waals surface area contributed by atoms with Gasteiger partial charge < -0.3 is 9.88 Å². The van der Waals surface area contributed by atoms with Crippen LogP contribution < -0.4 is 5.32 Å². The van der Waals surface area contributed by atoms with Crippen molar-refractivity contribution in [3.8, 4) is 0 Å². The smallest absolute Gasteiger partial charge is 0.256 e. The molecule has 2 aromatic carbocycles. The fraction of sp³-hybridized carbons (Fsp3) is 0.136. The van der Waals surface area contributed by atoms with Gasteiger partial charge in [0, 0.05) is 28.2 Å². The van der Waals surface area contributed by atoms with Gasteiger partial charge in [0.05, 0.1) is 17.6 Å². The lowest BCUT2D eigenvalue weighted by molar-refractivity contribution is 0.102. The summed E-state index contributed by atoms with van der Waals surface area (Å²) in [4.78, 5) is 21.5. The summed E-state index contributed by atoms with van der Waals surface area (Å²) in [5, 5.41) is 4.01. The molecule has 0 aliphatic carbocycles. The molecule has 0 bridgehead atoms. The number of amides is 1. The Labute approximate surface area is 178 Å². The zero-order valence-corrected chi connectivity index (χ0v) is 17.2. The Morgan fingerprint density at radius 1 is 1.10 bits per heavy atom. The highest BCUT2D eigenvalue weighted by Crippen LogP contribution is 2.25. The van der Waals surface area contributed by atoms with Crippen LogP contribution in [0.5, 0.6) is 0 Å². The number of imidazole rings is 1. The Balaban J connectivity index is 1.71. The van der Waals surface area contributed by atoms with E-state index < -0.39 is 0 Å². The topological polar surface area (TPSA) is 59.8 Å². The number of benzene rings is 2. The number of hydrogen-bond acceptors (Lipinski definition) is 3. The van der Waals surface area contributed by atoms with Gasteiger partial charge in [-0.15, -0.1) is 0 Å². The van der Waals surface area contributed by atoms with Crippen molar-refractivity contribution in [1.29, 1.82) is 0 Å². The molecule has 0 saturated carbocycles. The number of hydrogen-bond donors (Lipinski definition) is 1. The Bertz CT molecular complexity index is 1190. The van der Waals surface area contributed by atoms with Gasteiger partial charge >= 0.3 is 0 Å². The predicted molar refractivity (Wildman–Crippen MR) is 117 cm³/mol. The monoisotopic (exact) mass is 424 g/mol. The maximum atomic E-state index is 12.7. The molecule has 1 N–H and O–H groups in total. The largest absolute Gasteiger partial charge is 0.323 e. The molecule has 0 radical (unpaired) electrons. The van der Waals surface area contributed by atoms with E-state index in [1.165, 1.54) is 0 Å². The molecule has 0 fully saturated rings. The van der Waals surface area contributed by atoms with E-state index in [1.807, 2.05) is 30.3 Å². The summed E-state index contributed by atoms with van der Waals surface area (Å²) in [6.45, 7) is 2.59. The number of fused-ring (bicyclic) bond motifs is 1. The van der Waals surface area contributed by atoms with Crippen LogP contribution in [-0.2, 0) is 13.0 Å². The summed E-state index contributed by atoms with van der Waals surface area (Å²) in [5.74, 6) is 1.21. The van der Waals surface area contributed by atoms with Crippen molar-refractivity contribution in [1.82, 2.24) is 14.5 Å². The molecule has 2 heterocycles. The molecule has 1 amide bonds. The van der Waals surface area contributed by atoms with Crippen molar-refractivity contribution in [3.63, 3.8) is 0 Å². The second-order valence-electron chi connectivity index (χ2n) is 6.58. The molecule has 0 saturated heterocycles. The van der Waals surface area contributed by atoms with Crippen LogP contribution in [0.4, 0.5) is 5.82 Å². The van der Waals surface area contributed by atoms with Crippen molar-refractivity contribution < 1.29 is 4.79 Å². The minimum atomic E-state index is -0.221. The van der Waals surface area contributed by atoms with Gasteiger partial charge in [0.15, 0.2) is 0 Å². The zero-order valence-electron chi connectivity index (χ0n) is 15.7. The van der Waals surface area contributed by atoms with Gasteiger partial charge in [0.2, 0.25) is 0 Å². The number of rotatable bonds is 5. The number of aromatic nitrogens is 3. The summed E-state index contributed by atoms with van der Waals surface area (Å²) < 4.78 is 2.09. The molecule has 0 aliphatic heterocycles. The molecule has 146 valence electrons. The molecular formula is C22H18Cl2N4O. The maximum absolute atomic E-state index is 12.7. The molecule has 0 spiro atoms. The molecule has 0 aliphatic rings. The van der Waals surface area contributed by atoms with Gasteiger partial charge in [-0.2, -0.15) is 0 Å². The molecule has 29 heavy (non-hydrogen) atoms. The van der Waals surface area contributed by atoms with Crippen LogP contribution >= 0.6 is 23.2 Å². The highest BCUT2D eigenvalue weighted by atomic mass is 35.5. The number of aryl methyl sites for hydroxylation is 1. The zero-order chi connectivity index (χ0) is 20.4. The van der Waals surface area contributed by atoms with E-state index >= 15 is 0 Å². The first-order valence-corrected chi connectivity index (χ1v) is 9.96. The van der Waals surface area contributed by atoms with Crippen LogP contribution in [-0.4, -0.2) is 20.4 Å². The van der Waals surface area contributed by atoms with Crippen LogP contribution in [0.2, 0.25) is 10.0 Å². The van der Waals surface area contributed by atoms with Crippen LogP contribution in [0.1, 0.15) is 28.7 Å². The first-order valence-electron chi connectivity index (χ1n) is 9.20. The summed E-state index contributed by atoms with van der Waals surface area (Å²) in [6.07, 6.45) is 2.40. The van der Waals surface area contributed by atoms with Crippen molar-refractivity contribution in [2.75, 3.05) is 5.32 Å². The molecule has 0 atom stereocenters. The number of pyridine rings is 1. The van der Waals surface area contributed by atoms with Gasteiger partial charge in [-0.1, -0.05) is 42.3 Å². The third-order valence-electron chi connectivity index (χ3n) is 4.66. The van der Waals surface area contributed by atoms with Gasteiger partial charge in [-0.3, -0.25) is 4.79 Å². The summed E-state index contributed by atoms with van der Waals surface area (Å²) in [7, 11) is 0. The second-order valence-corrected chi connectivity index (χ2v) is 7.42. The molecule has 4 aromatic rings. The normalized spacial score (nSPS) is 11.0. The van der Waals surface area contributed by atoms with E-state index in [4.69, 9.17) is 28.2 Å².